The van der Waals surface area contributed by atoms with Gasteiger partial charge in [-0.3, -0.25) is 0 Å². The van der Waals surface area contributed by atoms with Crippen molar-refractivity contribution in [3.63, 3.8) is 0 Å². The zero-order valence-corrected chi connectivity index (χ0v) is 10.3. The van der Waals surface area contributed by atoms with Crippen LogP contribution in [-0.4, -0.2) is 12.6 Å². The number of hydrogen-bond acceptors (Lipinski definition) is 1. The molecule has 1 aliphatic heterocycles. The molecule has 0 spiro atoms. The second kappa shape index (κ2) is 4.50. The molecule has 1 aliphatic rings. The Bertz CT molecular complexity index is 512. The largest absolute Gasteiger partial charge is 0.313 e. The number of benzene rings is 2. The number of fused-ring (bicyclic) bond motifs is 1. The molecule has 1 fully saturated rings. The first-order valence-corrected chi connectivity index (χ1v) is 6.61. The Morgan fingerprint density at radius 2 is 1.94 bits per heavy atom. The van der Waals surface area contributed by atoms with E-state index in [1.807, 2.05) is 0 Å². The lowest BCUT2D eigenvalue weighted by molar-refractivity contribution is 0.534. The van der Waals surface area contributed by atoms with Crippen LogP contribution in [0.2, 0.25) is 0 Å². The SMILES string of the molecule is CCC1NCCC1c1cccc2ccccc12. The van der Waals surface area contributed by atoms with Crippen molar-refractivity contribution in [1.29, 1.82) is 0 Å². The van der Waals surface area contributed by atoms with E-state index in [0.717, 1.165) is 6.54 Å². The van der Waals surface area contributed by atoms with Crippen molar-refractivity contribution in [3.8, 4) is 0 Å². The molecule has 1 nitrogen and oxygen atoms in total. The predicted octanol–water partition coefficient (Wildman–Crippen LogP) is 3.70. The first-order chi connectivity index (χ1) is 8.40. The van der Waals surface area contributed by atoms with Crippen LogP contribution in [0.4, 0.5) is 0 Å². The number of hydrogen-bond donors (Lipinski definition) is 1. The van der Waals surface area contributed by atoms with E-state index >= 15 is 0 Å². The normalized spacial score (nSPS) is 24.3. The van der Waals surface area contributed by atoms with E-state index in [1.165, 1.54) is 29.2 Å². The summed E-state index contributed by atoms with van der Waals surface area (Å²) in [4.78, 5) is 0. The molecule has 2 atom stereocenters. The highest BCUT2D eigenvalue weighted by Gasteiger charge is 2.27. The van der Waals surface area contributed by atoms with Gasteiger partial charge in [0.1, 0.15) is 0 Å². The van der Waals surface area contributed by atoms with Gasteiger partial charge in [-0.1, -0.05) is 49.4 Å². The molecule has 0 bridgehead atoms. The zero-order valence-electron chi connectivity index (χ0n) is 10.3. The lowest BCUT2D eigenvalue weighted by Gasteiger charge is -2.20. The monoisotopic (exact) mass is 225 g/mol. The van der Waals surface area contributed by atoms with Crippen molar-refractivity contribution in [3.05, 3.63) is 48.0 Å². The van der Waals surface area contributed by atoms with Crippen molar-refractivity contribution in [2.45, 2.75) is 31.7 Å². The Morgan fingerprint density at radius 1 is 1.12 bits per heavy atom. The van der Waals surface area contributed by atoms with E-state index in [1.54, 1.807) is 0 Å². The molecular weight excluding hydrogens is 206 g/mol. The van der Waals surface area contributed by atoms with Gasteiger partial charge < -0.3 is 5.32 Å². The molecule has 3 rings (SSSR count). The molecule has 0 aliphatic carbocycles. The first kappa shape index (κ1) is 10.8. The van der Waals surface area contributed by atoms with Crippen LogP contribution < -0.4 is 5.32 Å². The standard InChI is InChI=1S/C16H19N/c1-2-16-15(10-11-17-16)14-9-5-7-12-6-3-4-8-13(12)14/h3-9,15-17H,2,10-11H2,1H3. The number of nitrogens with one attached hydrogen (secondary N) is 1. The Kier molecular flexibility index (Phi) is 2.86. The van der Waals surface area contributed by atoms with Gasteiger partial charge in [-0.25, -0.2) is 0 Å². The molecule has 1 saturated heterocycles. The molecule has 2 aromatic carbocycles. The molecule has 88 valence electrons. The van der Waals surface area contributed by atoms with E-state index in [-0.39, 0.29) is 0 Å². The Balaban J connectivity index is 2.10. The quantitative estimate of drug-likeness (QED) is 0.821. The van der Waals surface area contributed by atoms with Gasteiger partial charge in [-0.2, -0.15) is 0 Å². The van der Waals surface area contributed by atoms with E-state index in [0.29, 0.717) is 12.0 Å². The fourth-order valence-electron chi connectivity index (χ4n) is 3.14. The van der Waals surface area contributed by atoms with Crippen LogP contribution in [0.3, 0.4) is 0 Å². The predicted molar refractivity (Wildman–Crippen MR) is 73.4 cm³/mol. The third-order valence-corrected chi connectivity index (χ3v) is 4.01. The summed E-state index contributed by atoms with van der Waals surface area (Å²) in [6.45, 7) is 3.44. The Labute approximate surface area is 103 Å². The van der Waals surface area contributed by atoms with Crippen LogP contribution in [-0.2, 0) is 0 Å². The summed E-state index contributed by atoms with van der Waals surface area (Å²) in [6.07, 6.45) is 2.49. The molecule has 17 heavy (non-hydrogen) atoms. The maximum Gasteiger partial charge on any atom is 0.0134 e. The molecule has 1 heterocycles. The Morgan fingerprint density at radius 3 is 2.82 bits per heavy atom. The smallest absolute Gasteiger partial charge is 0.0134 e. The van der Waals surface area contributed by atoms with Crippen LogP contribution >= 0.6 is 0 Å². The topological polar surface area (TPSA) is 12.0 Å². The van der Waals surface area contributed by atoms with Crippen LogP contribution in [0.5, 0.6) is 0 Å². The lowest BCUT2D eigenvalue weighted by atomic mass is 9.87. The van der Waals surface area contributed by atoms with Crippen LogP contribution in [0.15, 0.2) is 42.5 Å². The van der Waals surface area contributed by atoms with Gasteiger partial charge >= 0.3 is 0 Å². The van der Waals surface area contributed by atoms with Crippen LogP contribution in [0, 0.1) is 0 Å². The minimum absolute atomic E-state index is 0.654. The maximum absolute atomic E-state index is 3.62. The molecular formula is C16H19N. The summed E-state index contributed by atoms with van der Waals surface area (Å²) in [5, 5.41) is 6.42. The molecule has 0 aromatic heterocycles. The molecule has 0 amide bonds. The molecule has 1 heteroatoms. The fraction of sp³-hybridized carbons (Fsp3) is 0.375. The zero-order chi connectivity index (χ0) is 11.7. The average molecular weight is 225 g/mol. The van der Waals surface area contributed by atoms with E-state index in [9.17, 15) is 0 Å². The Hall–Kier alpha value is -1.34. The molecule has 0 radical (unpaired) electrons. The minimum Gasteiger partial charge on any atom is -0.313 e. The second-order valence-electron chi connectivity index (χ2n) is 4.93. The van der Waals surface area contributed by atoms with Crippen LogP contribution in [0.25, 0.3) is 10.8 Å². The number of rotatable bonds is 2. The maximum atomic E-state index is 3.62. The molecule has 0 saturated carbocycles. The fourth-order valence-corrected chi connectivity index (χ4v) is 3.14. The highest BCUT2D eigenvalue weighted by Crippen LogP contribution is 2.33. The van der Waals surface area contributed by atoms with E-state index in [4.69, 9.17) is 0 Å². The summed E-state index contributed by atoms with van der Waals surface area (Å²) in [5.74, 6) is 0.686. The highest BCUT2D eigenvalue weighted by molar-refractivity contribution is 5.86. The van der Waals surface area contributed by atoms with Gasteiger partial charge in [-0.15, -0.1) is 0 Å². The molecule has 2 unspecified atom stereocenters. The third-order valence-electron chi connectivity index (χ3n) is 4.01. The van der Waals surface area contributed by atoms with Gasteiger partial charge in [0.25, 0.3) is 0 Å². The van der Waals surface area contributed by atoms with Crippen molar-refractivity contribution in [2.24, 2.45) is 0 Å². The van der Waals surface area contributed by atoms with E-state index < -0.39 is 0 Å². The summed E-state index contributed by atoms with van der Waals surface area (Å²) < 4.78 is 0. The summed E-state index contributed by atoms with van der Waals surface area (Å²) in [6, 6.07) is 16.1. The van der Waals surface area contributed by atoms with Gasteiger partial charge in [-0.05, 0) is 35.7 Å². The van der Waals surface area contributed by atoms with Gasteiger partial charge in [0.15, 0.2) is 0 Å². The van der Waals surface area contributed by atoms with Crippen molar-refractivity contribution >= 4 is 10.8 Å². The second-order valence-corrected chi connectivity index (χ2v) is 4.93. The third kappa shape index (κ3) is 1.85. The van der Waals surface area contributed by atoms with Gasteiger partial charge in [0.2, 0.25) is 0 Å². The first-order valence-electron chi connectivity index (χ1n) is 6.61. The van der Waals surface area contributed by atoms with Crippen molar-refractivity contribution < 1.29 is 0 Å². The van der Waals surface area contributed by atoms with E-state index in [2.05, 4.69) is 54.7 Å². The van der Waals surface area contributed by atoms with Gasteiger partial charge in [0, 0.05) is 12.0 Å². The summed E-state index contributed by atoms with van der Waals surface area (Å²) in [5.41, 5.74) is 1.53. The summed E-state index contributed by atoms with van der Waals surface area (Å²) >= 11 is 0. The highest BCUT2D eigenvalue weighted by atomic mass is 14.9. The molecule has 1 N–H and O–H groups in total. The van der Waals surface area contributed by atoms with Crippen LogP contribution in [0.1, 0.15) is 31.2 Å². The van der Waals surface area contributed by atoms with Crippen molar-refractivity contribution in [2.75, 3.05) is 6.54 Å². The van der Waals surface area contributed by atoms with Crippen molar-refractivity contribution in [1.82, 2.24) is 5.32 Å². The molecule has 2 aromatic rings. The summed E-state index contributed by atoms with van der Waals surface area (Å²) in [7, 11) is 0. The average Bonchev–Trinajstić information content (AvgIpc) is 2.86. The van der Waals surface area contributed by atoms with Gasteiger partial charge in [0.05, 0.1) is 0 Å². The lowest BCUT2D eigenvalue weighted by Crippen LogP contribution is -2.24. The minimum atomic E-state index is 0.654.